The Labute approximate surface area is 435 Å². The normalized spacial score (nSPS) is 12.2. The summed E-state index contributed by atoms with van der Waals surface area (Å²) in [4.78, 5) is 37.9. The average molecular weight is 984 g/mol. The summed E-state index contributed by atoms with van der Waals surface area (Å²) in [6.45, 7) is 6.57. The molecule has 0 aromatic heterocycles. The Morgan fingerprint density at radius 1 is 0.286 bits per heavy atom. The van der Waals surface area contributed by atoms with Gasteiger partial charge in [-0.1, -0.05) is 282 Å². The molecule has 0 saturated carbocycles. The number of carbonyl (C=O) groups is 3. The molecule has 410 valence electrons. The summed E-state index contributed by atoms with van der Waals surface area (Å²) in [6, 6.07) is 0. The number of hydrogen-bond donors (Lipinski definition) is 0. The third-order valence-corrected chi connectivity index (χ3v) is 13.8. The number of carbonyl (C=O) groups excluding carboxylic acids is 3. The Balaban J connectivity index is 3.92. The first-order valence-electron chi connectivity index (χ1n) is 31.0. The zero-order valence-electron chi connectivity index (χ0n) is 47.1. The molecule has 0 aliphatic heterocycles. The van der Waals surface area contributed by atoms with E-state index in [4.69, 9.17) is 14.2 Å². The number of allylic oxidation sites excluding steroid dienone is 6. The summed E-state index contributed by atoms with van der Waals surface area (Å²) < 4.78 is 16.8. The molecule has 0 aliphatic rings. The minimum Gasteiger partial charge on any atom is -0.462 e. The monoisotopic (exact) mass is 983 g/mol. The van der Waals surface area contributed by atoms with E-state index >= 15 is 0 Å². The van der Waals surface area contributed by atoms with E-state index in [0.29, 0.717) is 19.3 Å². The summed E-state index contributed by atoms with van der Waals surface area (Å²) in [5, 5.41) is 0. The second-order valence-electron chi connectivity index (χ2n) is 21.0. The smallest absolute Gasteiger partial charge is 0.306 e. The highest BCUT2D eigenvalue weighted by Crippen LogP contribution is 2.17. The predicted octanol–water partition coefficient (Wildman–Crippen LogP) is 20.8. The molecule has 0 fully saturated rings. The van der Waals surface area contributed by atoms with Gasteiger partial charge in [-0.15, -0.1) is 0 Å². The number of esters is 3. The molecular formula is C64H118O6. The summed E-state index contributed by atoms with van der Waals surface area (Å²) >= 11 is 0. The highest BCUT2D eigenvalue weighted by atomic mass is 16.6. The topological polar surface area (TPSA) is 78.9 Å². The van der Waals surface area contributed by atoms with E-state index in [0.717, 1.165) is 83.5 Å². The van der Waals surface area contributed by atoms with Gasteiger partial charge in [0.1, 0.15) is 13.2 Å². The molecule has 1 unspecified atom stereocenters. The van der Waals surface area contributed by atoms with Crippen LogP contribution in [0.3, 0.4) is 0 Å². The van der Waals surface area contributed by atoms with Crippen LogP contribution in [0.1, 0.15) is 335 Å². The van der Waals surface area contributed by atoms with Crippen molar-refractivity contribution in [2.24, 2.45) is 0 Å². The van der Waals surface area contributed by atoms with Gasteiger partial charge in [0, 0.05) is 19.3 Å². The van der Waals surface area contributed by atoms with Gasteiger partial charge in [0.2, 0.25) is 0 Å². The minimum absolute atomic E-state index is 0.0708. The van der Waals surface area contributed by atoms with Gasteiger partial charge in [0.25, 0.3) is 0 Å². The minimum atomic E-state index is -0.769. The summed E-state index contributed by atoms with van der Waals surface area (Å²) in [5.41, 5.74) is 0. The third kappa shape index (κ3) is 56.5. The molecule has 0 rings (SSSR count). The molecule has 0 saturated heterocycles. The standard InChI is InChI=1S/C64H118O6/c1-4-7-10-13-16-19-21-22-23-24-25-26-27-28-29-30-31-32-33-34-35-36-37-38-39-40-41-42-43-46-48-51-54-57-63(66)69-60-61(59-68-62(65)56-53-50-47-44-18-15-12-9-6-3)70-64(67)58-55-52-49-45-20-17-14-11-8-5-2/h11,14,21-22,24-25,61H,4-10,12-13,15-20,23,26-60H2,1-3H3/b14-11-,22-21-,25-24-. The van der Waals surface area contributed by atoms with Crippen molar-refractivity contribution in [3.05, 3.63) is 36.5 Å². The molecular weight excluding hydrogens is 865 g/mol. The number of ether oxygens (including phenoxy) is 3. The molecule has 6 nitrogen and oxygen atoms in total. The fourth-order valence-electron chi connectivity index (χ4n) is 9.18. The van der Waals surface area contributed by atoms with Crippen LogP contribution in [0.2, 0.25) is 0 Å². The van der Waals surface area contributed by atoms with Crippen molar-refractivity contribution in [1.29, 1.82) is 0 Å². The van der Waals surface area contributed by atoms with Gasteiger partial charge in [-0.05, 0) is 70.6 Å². The molecule has 0 aromatic carbocycles. The predicted molar refractivity (Wildman–Crippen MR) is 302 cm³/mol. The Kier molecular flexibility index (Phi) is 57.2. The summed E-state index contributed by atoms with van der Waals surface area (Å²) in [6.07, 6.45) is 71.9. The second-order valence-corrected chi connectivity index (χ2v) is 21.0. The van der Waals surface area contributed by atoms with Crippen molar-refractivity contribution in [2.45, 2.75) is 341 Å². The van der Waals surface area contributed by atoms with Crippen LogP contribution < -0.4 is 0 Å². The lowest BCUT2D eigenvalue weighted by atomic mass is 10.0. The lowest BCUT2D eigenvalue weighted by Gasteiger charge is -2.18. The van der Waals surface area contributed by atoms with Crippen LogP contribution in [0.5, 0.6) is 0 Å². The maximum absolute atomic E-state index is 12.7. The van der Waals surface area contributed by atoms with Crippen LogP contribution in [-0.2, 0) is 28.6 Å². The number of unbranched alkanes of at least 4 members (excludes halogenated alkanes) is 40. The number of hydrogen-bond acceptors (Lipinski definition) is 6. The fourth-order valence-corrected chi connectivity index (χ4v) is 9.18. The molecule has 0 amide bonds. The van der Waals surface area contributed by atoms with Gasteiger partial charge in [-0.25, -0.2) is 0 Å². The Morgan fingerprint density at radius 3 is 0.857 bits per heavy atom. The van der Waals surface area contributed by atoms with Gasteiger partial charge >= 0.3 is 17.9 Å². The highest BCUT2D eigenvalue weighted by molar-refractivity contribution is 5.71. The van der Waals surface area contributed by atoms with Crippen LogP contribution in [0.15, 0.2) is 36.5 Å². The van der Waals surface area contributed by atoms with Crippen molar-refractivity contribution < 1.29 is 28.6 Å². The lowest BCUT2D eigenvalue weighted by molar-refractivity contribution is -0.167. The fraction of sp³-hybridized carbons (Fsp3) is 0.859. The van der Waals surface area contributed by atoms with Crippen molar-refractivity contribution in [1.82, 2.24) is 0 Å². The maximum Gasteiger partial charge on any atom is 0.306 e. The van der Waals surface area contributed by atoms with Crippen LogP contribution in [0, 0.1) is 0 Å². The molecule has 1 atom stereocenters. The molecule has 0 radical (unpaired) electrons. The Morgan fingerprint density at radius 2 is 0.543 bits per heavy atom. The molecule has 6 heteroatoms. The summed E-state index contributed by atoms with van der Waals surface area (Å²) in [5.74, 6) is -0.869. The Bertz CT molecular complexity index is 1170. The van der Waals surface area contributed by atoms with E-state index < -0.39 is 6.10 Å². The Hall–Kier alpha value is -2.37. The van der Waals surface area contributed by atoms with Gasteiger partial charge in [0.05, 0.1) is 0 Å². The van der Waals surface area contributed by atoms with Gasteiger partial charge in [-0.2, -0.15) is 0 Å². The first kappa shape index (κ1) is 67.6. The zero-order chi connectivity index (χ0) is 50.7. The molecule has 0 N–H and O–H groups in total. The summed E-state index contributed by atoms with van der Waals surface area (Å²) in [7, 11) is 0. The van der Waals surface area contributed by atoms with Crippen LogP contribution >= 0.6 is 0 Å². The maximum atomic E-state index is 12.7. The van der Waals surface area contributed by atoms with Crippen molar-refractivity contribution in [3.63, 3.8) is 0 Å². The SMILES string of the molecule is CCC/C=C\CCCCCCCC(=O)OC(COC(=O)CCCCCCCCCCC)COC(=O)CCCCCCCCCCCCCCCCCCCCCCC/C=C\C/C=C\CCCCCCC. The molecule has 0 aromatic rings. The van der Waals surface area contributed by atoms with Crippen molar-refractivity contribution >= 4 is 17.9 Å². The van der Waals surface area contributed by atoms with E-state index in [2.05, 4.69) is 57.2 Å². The largest absolute Gasteiger partial charge is 0.462 e. The van der Waals surface area contributed by atoms with Crippen molar-refractivity contribution in [2.75, 3.05) is 13.2 Å². The first-order chi connectivity index (χ1) is 34.5. The van der Waals surface area contributed by atoms with Gasteiger partial charge in [-0.3, -0.25) is 14.4 Å². The average Bonchev–Trinajstić information content (AvgIpc) is 3.36. The van der Waals surface area contributed by atoms with Crippen LogP contribution in [-0.4, -0.2) is 37.2 Å². The molecule has 0 spiro atoms. The zero-order valence-corrected chi connectivity index (χ0v) is 47.1. The highest BCUT2D eigenvalue weighted by Gasteiger charge is 2.19. The third-order valence-electron chi connectivity index (χ3n) is 13.8. The number of rotatable bonds is 57. The molecule has 0 bridgehead atoms. The first-order valence-corrected chi connectivity index (χ1v) is 31.0. The van der Waals surface area contributed by atoms with E-state index in [1.807, 2.05) is 0 Å². The van der Waals surface area contributed by atoms with Gasteiger partial charge < -0.3 is 14.2 Å². The van der Waals surface area contributed by atoms with Crippen LogP contribution in [0.4, 0.5) is 0 Å². The van der Waals surface area contributed by atoms with E-state index in [-0.39, 0.29) is 31.1 Å². The second kappa shape index (κ2) is 59.2. The molecule has 0 aliphatic carbocycles. The van der Waals surface area contributed by atoms with E-state index in [1.54, 1.807) is 0 Å². The molecule has 0 heterocycles. The lowest BCUT2D eigenvalue weighted by Crippen LogP contribution is -2.30. The van der Waals surface area contributed by atoms with Gasteiger partial charge in [0.15, 0.2) is 6.10 Å². The van der Waals surface area contributed by atoms with Crippen LogP contribution in [0.25, 0.3) is 0 Å². The van der Waals surface area contributed by atoms with Crippen molar-refractivity contribution in [3.8, 4) is 0 Å². The molecule has 70 heavy (non-hydrogen) atoms. The van der Waals surface area contributed by atoms with E-state index in [1.165, 1.54) is 212 Å². The van der Waals surface area contributed by atoms with E-state index in [9.17, 15) is 14.4 Å². The quantitative estimate of drug-likeness (QED) is 0.0261.